The van der Waals surface area contributed by atoms with Gasteiger partial charge in [0.2, 0.25) is 0 Å². The summed E-state index contributed by atoms with van der Waals surface area (Å²) in [6, 6.07) is 12.2. The van der Waals surface area contributed by atoms with Crippen LogP contribution in [0.4, 0.5) is 10.5 Å². The van der Waals surface area contributed by atoms with Crippen molar-refractivity contribution in [2.24, 2.45) is 0 Å². The molecule has 0 spiro atoms. The summed E-state index contributed by atoms with van der Waals surface area (Å²) in [6.07, 6.45) is 0. The summed E-state index contributed by atoms with van der Waals surface area (Å²) >= 11 is 1.56. The van der Waals surface area contributed by atoms with Crippen LogP contribution in [0.5, 0.6) is 0 Å². The van der Waals surface area contributed by atoms with Crippen molar-refractivity contribution in [3.05, 3.63) is 52.7 Å². The van der Waals surface area contributed by atoms with E-state index < -0.39 is 0 Å². The number of amides is 2. The second-order valence-corrected chi connectivity index (χ2v) is 6.76. The molecule has 0 aliphatic carbocycles. The smallest absolute Gasteiger partial charge is 0.319 e. The monoisotopic (exact) mass is 317 g/mol. The Kier molecular flexibility index (Phi) is 5.57. The molecule has 22 heavy (non-hydrogen) atoms. The van der Waals surface area contributed by atoms with Crippen molar-refractivity contribution in [3.63, 3.8) is 0 Å². The number of hydrogen-bond donors (Lipinski definition) is 3. The zero-order valence-electron chi connectivity index (χ0n) is 13.2. The summed E-state index contributed by atoms with van der Waals surface area (Å²) in [7, 11) is 0. The van der Waals surface area contributed by atoms with Gasteiger partial charge in [-0.2, -0.15) is 11.3 Å². The topological polar surface area (TPSA) is 53.2 Å². The largest absolute Gasteiger partial charge is 0.336 e. The van der Waals surface area contributed by atoms with E-state index >= 15 is 0 Å². The number of urea groups is 1. The van der Waals surface area contributed by atoms with E-state index in [1.165, 1.54) is 5.56 Å². The van der Waals surface area contributed by atoms with Crippen LogP contribution in [0.3, 0.4) is 0 Å². The van der Waals surface area contributed by atoms with Crippen LogP contribution in [-0.4, -0.2) is 18.1 Å². The molecule has 0 radical (unpaired) electrons. The predicted molar refractivity (Wildman–Crippen MR) is 93.4 cm³/mol. The van der Waals surface area contributed by atoms with Crippen molar-refractivity contribution in [3.8, 4) is 0 Å². The lowest BCUT2D eigenvalue weighted by Crippen LogP contribution is -2.50. The molecule has 1 aromatic carbocycles. The Hall–Kier alpha value is -1.85. The van der Waals surface area contributed by atoms with Crippen LogP contribution in [0, 0.1) is 0 Å². The average Bonchev–Trinajstić information content (AvgIpc) is 2.99. The molecule has 0 aliphatic rings. The molecule has 0 aliphatic heterocycles. The van der Waals surface area contributed by atoms with E-state index in [1.54, 1.807) is 11.3 Å². The van der Waals surface area contributed by atoms with Crippen molar-refractivity contribution in [1.82, 2.24) is 10.6 Å². The predicted octanol–water partition coefficient (Wildman–Crippen LogP) is 4.00. The van der Waals surface area contributed by atoms with E-state index in [0.29, 0.717) is 6.54 Å². The minimum atomic E-state index is -0.207. The van der Waals surface area contributed by atoms with Crippen LogP contribution in [0.15, 0.2) is 47.2 Å². The van der Waals surface area contributed by atoms with Crippen LogP contribution >= 0.6 is 11.3 Å². The number of thiophene rings is 1. The van der Waals surface area contributed by atoms with Gasteiger partial charge < -0.3 is 16.0 Å². The van der Waals surface area contributed by atoms with Crippen LogP contribution in [-0.2, 0) is 0 Å². The fourth-order valence-electron chi connectivity index (χ4n) is 2.27. The summed E-state index contributed by atoms with van der Waals surface area (Å²) in [5, 5.41) is 13.1. The summed E-state index contributed by atoms with van der Waals surface area (Å²) < 4.78 is 0. The first-order valence-corrected chi connectivity index (χ1v) is 8.30. The third kappa shape index (κ3) is 5.16. The number of anilines is 1. The Balaban J connectivity index is 1.81. The van der Waals surface area contributed by atoms with Crippen molar-refractivity contribution in [2.75, 3.05) is 11.9 Å². The van der Waals surface area contributed by atoms with E-state index in [1.807, 2.05) is 35.0 Å². The molecule has 1 aromatic heterocycles. The number of carbonyl (C=O) groups excluding carboxylic acids is 1. The average molecular weight is 317 g/mol. The molecule has 0 bridgehead atoms. The molecule has 4 nitrogen and oxygen atoms in total. The minimum Gasteiger partial charge on any atom is -0.336 e. The number of benzene rings is 1. The van der Waals surface area contributed by atoms with Gasteiger partial charge in [-0.1, -0.05) is 30.3 Å². The molecule has 0 saturated carbocycles. The van der Waals surface area contributed by atoms with E-state index in [2.05, 4.69) is 48.9 Å². The number of nitrogens with one attached hydrogen (secondary N) is 3. The summed E-state index contributed by atoms with van der Waals surface area (Å²) in [4.78, 5) is 11.9. The summed E-state index contributed by atoms with van der Waals surface area (Å²) in [6.45, 7) is 6.83. The molecule has 1 unspecified atom stereocenters. The van der Waals surface area contributed by atoms with Crippen molar-refractivity contribution in [1.29, 1.82) is 0 Å². The van der Waals surface area contributed by atoms with Gasteiger partial charge in [0.05, 0.1) is 5.69 Å². The standard InChI is InChI=1S/C17H23N3OS/c1-13(14-7-5-4-6-8-14)20-17(2,3)12-18-16(21)19-15-9-10-22-11-15/h4-11,13,20H,12H2,1-3H3,(H2,18,19,21). The first-order chi connectivity index (χ1) is 10.5. The van der Waals surface area contributed by atoms with Crippen molar-refractivity contribution in [2.45, 2.75) is 32.4 Å². The zero-order valence-corrected chi connectivity index (χ0v) is 14.0. The second kappa shape index (κ2) is 7.42. The second-order valence-electron chi connectivity index (χ2n) is 5.98. The third-order valence-corrected chi connectivity index (χ3v) is 4.06. The normalized spacial score (nSPS) is 12.7. The minimum absolute atomic E-state index is 0.180. The lowest BCUT2D eigenvalue weighted by molar-refractivity contribution is 0.246. The molecule has 2 rings (SSSR count). The maximum absolute atomic E-state index is 11.9. The van der Waals surface area contributed by atoms with Gasteiger partial charge in [-0.05, 0) is 37.8 Å². The highest BCUT2D eigenvalue weighted by Crippen LogP contribution is 2.16. The van der Waals surface area contributed by atoms with Crippen LogP contribution in [0.25, 0.3) is 0 Å². The van der Waals surface area contributed by atoms with E-state index in [4.69, 9.17) is 0 Å². The van der Waals surface area contributed by atoms with E-state index in [-0.39, 0.29) is 17.6 Å². The molecular formula is C17H23N3OS. The molecule has 5 heteroatoms. The number of hydrogen-bond acceptors (Lipinski definition) is 3. The zero-order chi connectivity index (χ0) is 16.0. The molecule has 0 fully saturated rings. The van der Waals surface area contributed by atoms with Gasteiger partial charge in [-0.3, -0.25) is 0 Å². The Morgan fingerprint density at radius 2 is 1.95 bits per heavy atom. The lowest BCUT2D eigenvalue weighted by atomic mass is 10.0. The van der Waals surface area contributed by atoms with E-state index in [0.717, 1.165) is 5.69 Å². The quantitative estimate of drug-likeness (QED) is 0.754. The molecule has 2 aromatic rings. The highest BCUT2D eigenvalue weighted by Gasteiger charge is 2.21. The summed E-state index contributed by atoms with van der Waals surface area (Å²) in [5.41, 5.74) is 1.85. The number of carbonyl (C=O) groups is 1. The van der Waals surface area contributed by atoms with Gasteiger partial charge >= 0.3 is 6.03 Å². The van der Waals surface area contributed by atoms with Gasteiger partial charge in [0.25, 0.3) is 0 Å². The maximum Gasteiger partial charge on any atom is 0.319 e. The number of rotatable bonds is 6. The van der Waals surface area contributed by atoms with Crippen molar-refractivity contribution >= 4 is 23.1 Å². The highest BCUT2D eigenvalue weighted by atomic mass is 32.1. The molecule has 1 heterocycles. The first-order valence-electron chi connectivity index (χ1n) is 7.36. The maximum atomic E-state index is 11.9. The van der Waals surface area contributed by atoms with Gasteiger partial charge in [0, 0.05) is 23.5 Å². The lowest BCUT2D eigenvalue weighted by Gasteiger charge is -2.30. The van der Waals surface area contributed by atoms with Crippen LogP contribution in [0.1, 0.15) is 32.4 Å². The molecule has 1 atom stereocenters. The van der Waals surface area contributed by atoms with Gasteiger partial charge in [0.1, 0.15) is 0 Å². The highest BCUT2D eigenvalue weighted by molar-refractivity contribution is 7.08. The van der Waals surface area contributed by atoms with Crippen LogP contribution in [0.2, 0.25) is 0 Å². The van der Waals surface area contributed by atoms with Gasteiger partial charge in [0.15, 0.2) is 0 Å². The fourth-order valence-corrected chi connectivity index (χ4v) is 2.86. The van der Waals surface area contributed by atoms with Gasteiger partial charge in [-0.15, -0.1) is 0 Å². The Bertz CT molecular complexity index is 581. The third-order valence-electron chi connectivity index (χ3n) is 3.38. The Labute approximate surface area is 135 Å². The molecule has 3 N–H and O–H groups in total. The summed E-state index contributed by atoms with van der Waals surface area (Å²) in [5.74, 6) is 0. The molecular weight excluding hydrogens is 294 g/mol. The first kappa shape index (κ1) is 16.5. The SMILES string of the molecule is CC(NC(C)(C)CNC(=O)Nc1ccsc1)c1ccccc1. The Morgan fingerprint density at radius 1 is 1.23 bits per heavy atom. The molecule has 118 valence electrons. The Morgan fingerprint density at radius 3 is 2.59 bits per heavy atom. The fraction of sp³-hybridized carbons (Fsp3) is 0.353. The van der Waals surface area contributed by atoms with Crippen molar-refractivity contribution < 1.29 is 4.79 Å². The van der Waals surface area contributed by atoms with E-state index in [9.17, 15) is 4.79 Å². The molecule has 2 amide bonds. The van der Waals surface area contributed by atoms with Gasteiger partial charge in [-0.25, -0.2) is 4.79 Å². The molecule has 0 saturated heterocycles. The van der Waals surface area contributed by atoms with Crippen LogP contribution < -0.4 is 16.0 Å².